The summed E-state index contributed by atoms with van der Waals surface area (Å²) in [5.41, 5.74) is 0. The van der Waals surface area contributed by atoms with Crippen LogP contribution in [0.15, 0.2) is 0 Å². The molecule has 1 aliphatic rings. The summed E-state index contributed by atoms with van der Waals surface area (Å²) >= 11 is 0. The van der Waals surface area contributed by atoms with Crippen LogP contribution >= 0.6 is 0 Å². The van der Waals surface area contributed by atoms with E-state index >= 15 is 0 Å². The van der Waals surface area contributed by atoms with E-state index in [4.69, 9.17) is 0 Å². The van der Waals surface area contributed by atoms with Gasteiger partial charge in [-0.15, -0.1) is 0 Å². The maximum Gasteiger partial charge on any atom is 0.460 e. The van der Waals surface area contributed by atoms with E-state index in [1.165, 1.54) is 32.4 Å². The van der Waals surface area contributed by atoms with Gasteiger partial charge in [-0.2, -0.15) is 74.6 Å². The van der Waals surface area contributed by atoms with Crippen LogP contribution in [0, 0.1) is 0 Å². The van der Waals surface area contributed by atoms with E-state index in [1.54, 1.807) is 0 Å². The lowest BCUT2D eigenvalue weighted by molar-refractivity contribution is -0.662. The molecule has 20 heteroatoms. The van der Waals surface area contributed by atoms with Crippen molar-refractivity contribution in [2.75, 3.05) is 13.1 Å². The number of piperidine rings is 1. The molecule has 3 nitrogen and oxygen atoms in total. The number of halogens is 17. The smallest absolute Gasteiger partial charge is 0.460 e. The Bertz CT molecular complexity index is 700. The molecule has 0 amide bonds. The summed E-state index contributed by atoms with van der Waals surface area (Å²) in [6.45, 7) is 2.75. The standard InChI is InChI=1S/C9HF17O2.C5H11N/c10-2(11,1(27)28)3(12,13)4(14,15)5(16,17)6(18,19)7(20,21)8(22,23)9(24,25)26;1-2-4-6-5-3-1/h(H,27,28);6H,1-5H2. The van der Waals surface area contributed by atoms with Crippen LogP contribution in [0.4, 0.5) is 74.6 Å². The van der Waals surface area contributed by atoms with Gasteiger partial charge in [-0.3, -0.25) is 0 Å². The van der Waals surface area contributed by atoms with Crippen LogP contribution in [0.3, 0.4) is 0 Å². The molecule has 1 saturated heterocycles. The quantitative estimate of drug-likeness (QED) is 0.495. The summed E-state index contributed by atoms with van der Waals surface area (Å²) in [4.78, 5) is 9.65. The summed E-state index contributed by atoms with van der Waals surface area (Å²) in [6.07, 6.45) is -3.49. The number of aliphatic carboxylic acids is 1. The fourth-order valence-electron chi connectivity index (χ4n) is 2.19. The highest BCUT2D eigenvalue weighted by Crippen LogP contribution is 2.63. The lowest BCUT2D eigenvalue weighted by atomic mass is 9.89. The summed E-state index contributed by atoms with van der Waals surface area (Å²) < 4.78 is 214. The zero-order valence-electron chi connectivity index (χ0n) is 15.9. The molecule has 0 spiro atoms. The van der Waals surface area contributed by atoms with E-state index in [9.17, 15) is 84.5 Å². The zero-order chi connectivity index (χ0) is 27.8. The molecule has 1 aliphatic heterocycles. The number of carbonyl (C=O) groups is 1. The Morgan fingerprint density at radius 2 is 0.794 bits per heavy atom. The minimum absolute atomic E-state index is 1.38. The normalized spacial score (nSPS) is 17.7. The van der Waals surface area contributed by atoms with Gasteiger partial charge in [0.1, 0.15) is 5.97 Å². The van der Waals surface area contributed by atoms with Crippen LogP contribution in [0.5, 0.6) is 0 Å². The number of hydrogen-bond donors (Lipinski definition) is 1. The third kappa shape index (κ3) is 4.82. The van der Waals surface area contributed by atoms with Crippen LogP contribution in [-0.4, -0.2) is 66.7 Å². The van der Waals surface area contributed by atoms with Gasteiger partial charge in [0.2, 0.25) is 0 Å². The Hall–Kier alpha value is -1.76. The first-order valence-corrected chi connectivity index (χ1v) is 8.44. The van der Waals surface area contributed by atoms with E-state index in [1.807, 2.05) is 0 Å². The number of nitrogens with two attached hydrogens (primary N) is 1. The Labute approximate surface area is 177 Å². The molecule has 204 valence electrons. The van der Waals surface area contributed by atoms with Crippen molar-refractivity contribution < 1.29 is 89.9 Å². The topological polar surface area (TPSA) is 56.7 Å². The van der Waals surface area contributed by atoms with Gasteiger partial charge in [-0.05, 0) is 19.3 Å². The van der Waals surface area contributed by atoms with Gasteiger partial charge in [0.05, 0.1) is 13.1 Å². The number of carbonyl (C=O) groups excluding carboxylic acids is 1. The molecule has 0 saturated carbocycles. The molecule has 1 fully saturated rings. The van der Waals surface area contributed by atoms with Crippen molar-refractivity contribution in [2.45, 2.75) is 66.9 Å². The van der Waals surface area contributed by atoms with Crippen LogP contribution in [0.2, 0.25) is 0 Å². The second kappa shape index (κ2) is 9.36. The predicted molar refractivity (Wildman–Crippen MR) is 71.2 cm³/mol. The molecule has 0 atom stereocenters. The van der Waals surface area contributed by atoms with Gasteiger partial charge < -0.3 is 15.2 Å². The maximum absolute atomic E-state index is 13.0. The average molecular weight is 549 g/mol. The second-order valence-corrected chi connectivity index (χ2v) is 6.73. The number of quaternary nitrogens is 1. The highest BCUT2D eigenvalue weighted by Gasteiger charge is 2.95. The predicted octanol–water partition coefficient (Wildman–Crippen LogP) is 3.48. The van der Waals surface area contributed by atoms with Gasteiger partial charge in [0.15, 0.2) is 0 Å². The third-order valence-corrected chi connectivity index (χ3v) is 4.29. The lowest BCUT2D eigenvalue weighted by Gasteiger charge is -2.42. The number of hydrogen-bond acceptors (Lipinski definition) is 2. The molecule has 0 aromatic rings. The summed E-state index contributed by atoms with van der Waals surface area (Å²) in [6, 6.07) is 0. The Morgan fingerprint density at radius 1 is 0.500 bits per heavy atom. The fourth-order valence-corrected chi connectivity index (χ4v) is 2.19. The van der Waals surface area contributed by atoms with Gasteiger partial charge >= 0.3 is 47.6 Å². The van der Waals surface area contributed by atoms with E-state index < -0.39 is 53.6 Å². The first kappa shape index (κ1) is 32.2. The lowest BCUT2D eigenvalue weighted by Crippen LogP contribution is -2.85. The Morgan fingerprint density at radius 3 is 1.00 bits per heavy atom. The molecular formula is C14H12F17NO2. The third-order valence-electron chi connectivity index (χ3n) is 4.29. The van der Waals surface area contributed by atoms with E-state index in [0.717, 1.165) is 0 Å². The first-order valence-electron chi connectivity index (χ1n) is 8.44. The maximum atomic E-state index is 13.0. The van der Waals surface area contributed by atoms with Gasteiger partial charge in [0.25, 0.3) is 0 Å². The minimum Gasteiger partial charge on any atom is -0.544 e. The first-order chi connectivity index (χ1) is 14.7. The molecule has 1 heterocycles. The molecule has 0 aromatic carbocycles. The number of carboxylic acid groups (broad SMARTS) is 1. The second-order valence-electron chi connectivity index (χ2n) is 6.73. The summed E-state index contributed by atoms with van der Waals surface area (Å²) in [5, 5.41) is 12.0. The summed E-state index contributed by atoms with van der Waals surface area (Å²) in [5.74, 6) is -63.5. The van der Waals surface area contributed by atoms with Crippen molar-refractivity contribution in [3.05, 3.63) is 0 Å². The number of carboxylic acids is 1. The number of rotatable bonds is 7. The SMILES string of the molecule is C1CC[NH2+]CC1.O=C([O-])C(F)(F)C(F)(F)C(F)(F)C(F)(F)C(F)(F)C(F)(F)C(F)(F)C(F)(F)F. The van der Waals surface area contributed by atoms with Crippen LogP contribution in [0.25, 0.3) is 0 Å². The van der Waals surface area contributed by atoms with Crippen molar-refractivity contribution in [3.8, 4) is 0 Å². The van der Waals surface area contributed by atoms with Crippen LogP contribution in [-0.2, 0) is 4.79 Å². The van der Waals surface area contributed by atoms with Crippen molar-refractivity contribution in [3.63, 3.8) is 0 Å². The molecule has 0 bridgehead atoms. The highest BCUT2D eigenvalue weighted by atomic mass is 19.4. The molecule has 0 unspecified atom stereocenters. The monoisotopic (exact) mass is 549 g/mol. The highest BCUT2D eigenvalue weighted by molar-refractivity contribution is 5.75. The molecule has 1 rings (SSSR count). The van der Waals surface area contributed by atoms with E-state index in [0.29, 0.717) is 0 Å². The molecule has 0 aliphatic carbocycles. The largest absolute Gasteiger partial charge is 0.544 e. The van der Waals surface area contributed by atoms with Gasteiger partial charge in [-0.1, -0.05) is 0 Å². The zero-order valence-corrected chi connectivity index (χ0v) is 15.9. The molecule has 2 N–H and O–H groups in total. The Kier molecular flexibility index (Phi) is 8.88. The summed E-state index contributed by atoms with van der Waals surface area (Å²) in [7, 11) is 0. The molecule has 0 aromatic heterocycles. The molecule has 0 radical (unpaired) electrons. The average Bonchev–Trinajstić information content (AvgIpc) is 2.67. The molecule has 34 heavy (non-hydrogen) atoms. The van der Waals surface area contributed by atoms with Crippen molar-refractivity contribution in [1.29, 1.82) is 0 Å². The minimum atomic E-state index is -8.79. The van der Waals surface area contributed by atoms with Gasteiger partial charge in [-0.25, -0.2) is 0 Å². The van der Waals surface area contributed by atoms with Crippen molar-refractivity contribution in [1.82, 2.24) is 0 Å². The van der Waals surface area contributed by atoms with E-state index in [2.05, 4.69) is 5.32 Å². The van der Waals surface area contributed by atoms with Crippen molar-refractivity contribution in [2.24, 2.45) is 0 Å². The van der Waals surface area contributed by atoms with Gasteiger partial charge in [0, 0.05) is 0 Å². The van der Waals surface area contributed by atoms with Crippen LogP contribution < -0.4 is 10.4 Å². The van der Waals surface area contributed by atoms with Crippen LogP contribution in [0.1, 0.15) is 19.3 Å². The van der Waals surface area contributed by atoms with E-state index in [-0.39, 0.29) is 0 Å². The fraction of sp³-hybridized carbons (Fsp3) is 0.929. The molecular weight excluding hydrogens is 537 g/mol. The Balaban J connectivity index is 0.00000156. The van der Waals surface area contributed by atoms with Crippen molar-refractivity contribution >= 4 is 5.97 Å². The number of alkyl halides is 17.